The first kappa shape index (κ1) is 11.4. The molecule has 82 valence electrons. The van der Waals surface area contributed by atoms with E-state index in [2.05, 4.69) is 0 Å². The number of hydrogen-bond acceptors (Lipinski definition) is 5. The smallest absolute Gasteiger partial charge is 0.311 e. The van der Waals surface area contributed by atoms with Crippen molar-refractivity contribution >= 4 is 5.69 Å². The van der Waals surface area contributed by atoms with Gasteiger partial charge in [-0.05, 0) is 18.6 Å². The number of phenols is 1. The predicted molar refractivity (Wildman–Crippen MR) is 53.4 cm³/mol. The van der Waals surface area contributed by atoms with Gasteiger partial charge in [0.2, 0.25) is 0 Å². The molecule has 0 heterocycles. The third-order valence-electron chi connectivity index (χ3n) is 2.10. The molecule has 0 aliphatic rings. The van der Waals surface area contributed by atoms with Crippen LogP contribution in [-0.2, 0) is 0 Å². The number of rotatable bonds is 3. The molecule has 1 aromatic carbocycles. The van der Waals surface area contributed by atoms with Crippen LogP contribution in [0.15, 0.2) is 18.2 Å². The summed E-state index contributed by atoms with van der Waals surface area (Å²) in [5.41, 5.74) is 5.60. The van der Waals surface area contributed by atoms with Crippen LogP contribution in [0.2, 0.25) is 0 Å². The van der Waals surface area contributed by atoms with Crippen LogP contribution in [0.3, 0.4) is 0 Å². The summed E-state index contributed by atoms with van der Waals surface area (Å²) < 4.78 is 0. The molecular weight excluding hydrogens is 200 g/mol. The second kappa shape index (κ2) is 4.24. The SMILES string of the molecule is C[C@H](O)[C@H](N)c1ccc(O)c([N+](=O)[O-])c1. The van der Waals surface area contributed by atoms with E-state index in [4.69, 9.17) is 5.73 Å². The van der Waals surface area contributed by atoms with Crippen molar-refractivity contribution in [1.82, 2.24) is 0 Å². The lowest BCUT2D eigenvalue weighted by molar-refractivity contribution is -0.385. The maximum absolute atomic E-state index is 10.5. The van der Waals surface area contributed by atoms with E-state index in [1.54, 1.807) is 0 Å². The first-order chi connectivity index (χ1) is 6.93. The fraction of sp³-hybridized carbons (Fsp3) is 0.333. The zero-order valence-electron chi connectivity index (χ0n) is 8.12. The largest absolute Gasteiger partial charge is 0.502 e. The second-order valence-corrected chi connectivity index (χ2v) is 3.27. The maximum atomic E-state index is 10.5. The van der Waals surface area contributed by atoms with Gasteiger partial charge in [-0.2, -0.15) is 0 Å². The molecule has 1 aromatic rings. The van der Waals surface area contributed by atoms with Crippen molar-refractivity contribution in [3.63, 3.8) is 0 Å². The number of hydrogen-bond donors (Lipinski definition) is 3. The van der Waals surface area contributed by atoms with Crippen LogP contribution in [-0.4, -0.2) is 21.2 Å². The van der Waals surface area contributed by atoms with Gasteiger partial charge in [-0.25, -0.2) is 0 Å². The highest BCUT2D eigenvalue weighted by molar-refractivity contribution is 5.48. The lowest BCUT2D eigenvalue weighted by Gasteiger charge is -2.14. The van der Waals surface area contributed by atoms with Gasteiger partial charge < -0.3 is 15.9 Å². The summed E-state index contributed by atoms with van der Waals surface area (Å²) >= 11 is 0. The average Bonchev–Trinajstić information content (AvgIpc) is 2.16. The van der Waals surface area contributed by atoms with Gasteiger partial charge in [0.1, 0.15) is 0 Å². The van der Waals surface area contributed by atoms with Gasteiger partial charge in [-0.15, -0.1) is 0 Å². The van der Waals surface area contributed by atoms with Crippen molar-refractivity contribution in [3.05, 3.63) is 33.9 Å². The summed E-state index contributed by atoms with van der Waals surface area (Å²) in [6.07, 6.45) is -0.811. The highest BCUT2D eigenvalue weighted by Crippen LogP contribution is 2.28. The summed E-state index contributed by atoms with van der Waals surface area (Å²) in [5.74, 6) is -0.415. The molecule has 4 N–H and O–H groups in total. The van der Waals surface area contributed by atoms with E-state index in [1.165, 1.54) is 19.1 Å². The van der Waals surface area contributed by atoms with E-state index in [9.17, 15) is 20.3 Å². The van der Waals surface area contributed by atoms with E-state index in [1.807, 2.05) is 0 Å². The zero-order valence-corrected chi connectivity index (χ0v) is 8.12. The summed E-state index contributed by atoms with van der Waals surface area (Å²) in [5, 5.41) is 28.9. The van der Waals surface area contributed by atoms with Gasteiger partial charge in [0.05, 0.1) is 17.1 Å². The molecule has 0 saturated carbocycles. The molecular formula is C9H12N2O4. The van der Waals surface area contributed by atoms with Gasteiger partial charge in [0.15, 0.2) is 5.75 Å². The number of phenolic OH excluding ortho intramolecular Hbond substituents is 1. The third-order valence-corrected chi connectivity index (χ3v) is 2.10. The molecule has 6 nitrogen and oxygen atoms in total. The Bertz CT molecular complexity index is 378. The normalized spacial score (nSPS) is 14.6. The first-order valence-electron chi connectivity index (χ1n) is 4.34. The molecule has 15 heavy (non-hydrogen) atoms. The Morgan fingerprint density at radius 3 is 2.60 bits per heavy atom. The van der Waals surface area contributed by atoms with Crippen LogP contribution in [0.1, 0.15) is 18.5 Å². The van der Waals surface area contributed by atoms with Crippen LogP contribution in [0, 0.1) is 10.1 Å². The van der Waals surface area contributed by atoms with Crippen LogP contribution in [0.5, 0.6) is 5.75 Å². The lowest BCUT2D eigenvalue weighted by Crippen LogP contribution is -2.23. The van der Waals surface area contributed by atoms with E-state index in [0.29, 0.717) is 5.56 Å². The van der Waals surface area contributed by atoms with Crippen LogP contribution in [0.4, 0.5) is 5.69 Å². The average molecular weight is 212 g/mol. The fourth-order valence-electron chi connectivity index (χ4n) is 1.17. The summed E-state index contributed by atoms with van der Waals surface area (Å²) in [6.45, 7) is 1.49. The van der Waals surface area contributed by atoms with E-state index >= 15 is 0 Å². The first-order valence-corrected chi connectivity index (χ1v) is 4.34. The third kappa shape index (κ3) is 2.42. The van der Waals surface area contributed by atoms with Gasteiger partial charge in [0.25, 0.3) is 0 Å². The Morgan fingerprint density at radius 1 is 1.53 bits per heavy atom. The molecule has 0 aromatic heterocycles. The van der Waals surface area contributed by atoms with Crippen molar-refractivity contribution in [2.45, 2.75) is 19.1 Å². The topological polar surface area (TPSA) is 110 Å². The van der Waals surface area contributed by atoms with Crippen LogP contribution in [0.25, 0.3) is 0 Å². The predicted octanol–water partition coefficient (Wildman–Crippen LogP) is 0.681. The minimum Gasteiger partial charge on any atom is -0.502 e. The Balaban J connectivity index is 3.13. The Morgan fingerprint density at radius 2 is 2.13 bits per heavy atom. The summed E-state index contributed by atoms with van der Waals surface area (Å²) in [4.78, 5) is 9.81. The number of benzene rings is 1. The quantitative estimate of drug-likeness (QED) is 0.504. The molecule has 0 aliphatic heterocycles. The van der Waals surface area contributed by atoms with Gasteiger partial charge in [-0.1, -0.05) is 6.07 Å². The highest BCUT2D eigenvalue weighted by atomic mass is 16.6. The van der Waals surface area contributed by atoms with Crippen LogP contribution >= 0.6 is 0 Å². The zero-order chi connectivity index (χ0) is 11.6. The molecule has 0 bridgehead atoms. The van der Waals surface area contributed by atoms with E-state index < -0.39 is 28.5 Å². The Hall–Kier alpha value is -1.66. The standard InChI is InChI=1S/C9H12N2O4/c1-5(12)9(10)6-2-3-8(13)7(4-6)11(14)15/h2-5,9,12-13H,10H2,1H3/t5-,9-/m0/s1. The minimum atomic E-state index is -0.811. The number of nitrogens with two attached hydrogens (primary N) is 1. The van der Waals surface area contributed by atoms with Crippen molar-refractivity contribution < 1.29 is 15.1 Å². The number of nitrogens with zero attached hydrogens (tertiary/aromatic N) is 1. The molecule has 0 radical (unpaired) electrons. The molecule has 0 fully saturated rings. The molecule has 0 saturated heterocycles. The highest BCUT2D eigenvalue weighted by Gasteiger charge is 2.18. The summed E-state index contributed by atoms with van der Waals surface area (Å²) in [6, 6.07) is 3.09. The molecule has 0 spiro atoms. The lowest BCUT2D eigenvalue weighted by atomic mass is 10.0. The van der Waals surface area contributed by atoms with E-state index in [0.717, 1.165) is 6.07 Å². The number of nitro benzene ring substituents is 1. The molecule has 0 amide bonds. The number of aromatic hydroxyl groups is 1. The molecule has 1 rings (SSSR count). The van der Waals surface area contributed by atoms with E-state index in [-0.39, 0.29) is 0 Å². The Kier molecular flexibility index (Phi) is 3.23. The van der Waals surface area contributed by atoms with Gasteiger partial charge in [0, 0.05) is 6.07 Å². The monoisotopic (exact) mass is 212 g/mol. The number of nitro groups is 1. The molecule has 0 aliphatic carbocycles. The van der Waals surface area contributed by atoms with Crippen molar-refractivity contribution in [3.8, 4) is 5.75 Å². The summed E-state index contributed by atoms with van der Waals surface area (Å²) in [7, 11) is 0. The molecule has 0 unspecified atom stereocenters. The van der Waals surface area contributed by atoms with Crippen LogP contribution < -0.4 is 5.73 Å². The fourth-order valence-corrected chi connectivity index (χ4v) is 1.17. The number of aliphatic hydroxyl groups is 1. The van der Waals surface area contributed by atoms with Gasteiger partial charge in [-0.3, -0.25) is 10.1 Å². The maximum Gasteiger partial charge on any atom is 0.311 e. The van der Waals surface area contributed by atoms with Crippen molar-refractivity contribution in [2.24, 2.45) is 5.73 Å². The minimum absolute atomic E-state index is 0.412. The van der Waals surface area contributed by atoms with Crippen molar-refractivity contribution in [2.75, 3.05) is 0 Å². The van der Waals surface area contributed by atoms with Gasteiger partial charge >= 0.3 is 5.69 Å². The number of aliphatic hydroxyl groups excluding tert-OH is 1. The second-order valence-electron chi connectivity index (χ2n) is 3.27. The Labute approximate surface area is 86.1 Å². The molecule has 6 heteroatoms. The van der Waals surface area contributed by atoms with Crippen molar-refractivity contribution in [1.29, 1.82) is 0 Å². The molecule has 2 atom stereocenters.